The Morgan fingerprint density at radius 1 is 0.943 bits per heavy atom. The van der Waals surface area contributed by atoms with Crippen LogP contribution in [-0.2, 0) is 11.3 Å². The summed E-state index contributed by atoms with van der Waals surface area (Å²) in [5.41, 5.74) is 3.04. The molecule has 35 heavy (non-hydrogen) atoms. The van der Waals surface area contributed by atoms with Gasteiger partial charge in [0.05, 0.1) is 11.8 Å². The number of nitrogens with zero attached hydrogens (tertiary/aromatic N) is 3. The fourth-order valence-electron chi connectivity index (χ4n) is 3.32. The van der Waals surface area contributed by atoms with Crippen LogP contribution in [0.2, 0.25) is 5.02 Å². The van der Waals surface area contributed by atoms with Gasteiger partial charge in [0.2, 0.25) is 5.91 Å². The van der Waals surface area contributed by atoms with E-state index in [-0.39, 0.29) is 11.7 Å². The second-order valence-corrected chi connectivity index (χ2v) is 9.56. The van der Waals surface area contributed by atoms with Gasteiger partial charge in [0, 0.05) is 27.6 Å². The molecule has 0 saturated heterocycles. The zero-order valence-corrected chi connectivity index (χ0v) is 20.8. The molecule has 0 aliphatic carbocycles. The molecule has 0 spiro atoms. The number of halogens is 1. The number of carbonyl (C=O) groups excluding carboxylic acids is 2. The van der Waals surface area contributed by atoms with Gasteiger partial charge in [0.15, 0.2) is 16.8 Å². The van der Waals surface area contributed by atoms with E-state index in [0.717, 1.165) is 11.4 Å². The highest BCUT2D eigenvalue weighted by atomic mass is 35.5. The normalized spacial score (nSPS) is 11.6. The van der Waals surface area contributed by atoms with Crippen LogP contribution in [0.3, 0.4) is 0 Å². The Labute approximate surface area is 212 Å². The van der Waals surface area contributed by atoms with Gasteiger partial charge < -0.3 is 10.6 Å². The van der Waals surface area contributed by atoms with Crippen LogP contribution >= 0.6 is 23.4 Å². The van der Waals surface area contributed by atoms with E-state index in [2.05, 4.69) is 20.8 Å². The van der Waals surface area contributed by atoms with E-state index in [9.17, 15) is 9.59 Å². The third-order valence-electron chi connectivity index (χ3n) is 5.22. The number of amides is 1. The fraction of sp³-hybridized carbons (Fsp3) is 0.154. The van der Waals surface area contributed by atoms with Crippen LogP contribution in [-0.4, -0.2) is 31.7 Å². The molecule has 9 heteroatoms. The summed E-state index contributed by atoms with van der Waals surface area (Å²) in [7, 11) is 0. The summed E-state index contributed by atoms with van der Waals surface area (Å²) in [6.07, 6.45) is 0. The average molecular weight is 506 g/mol. The Hall–Kier alpha value is -3.62. The number of carbonyl (C=O) groups is 2. The van der Waals surface area contributed by atoms with Crippen molar-refractivity contribution in [1.29, 1.82) is 0 Å². The lowest BCUT2D eigenvalue weighted by Gasteiger charge is -2.14. The molecule has 0 bridgehead atoms. The number of ketones is 1. The quantitative estimate of drug-likeness (QED) is 0.219. The first-order valence-electron chi connectivity index (χ1n) is 11.0. The number of para-hydroxylation sites is 1. The van der Waals surface area contributed by atoms with Crippen molar-refractivity contribution in [2.24, 2.45) is 0 Å². The van der Waals surface area contributed by atoms with Gasteiger partial charge in [-0.2, -0.15) is 0 Å². The van der Waals surface area contributed by atoms with Gasteiger partial charge in [0.25, 0.3) is 0 Å². The van der Waals surface area contributed by atoms with Crippen molar-refractivity contribution < 1.29 is 9.59 Å². The molecule has 7 nitrogen and oxygen atoms in total. The van der Waals surface area contributed by atoms with Crippen LogP contribution in [0.5, 0.6) is 0 Å². The molecule has 0 unspecified atom stereocenters. The summed E-state index contributed by atoms with van der Waals surface area (Å²) in [6, 6.07) is 24.1. The zero-order valence-electron chi connectivity index (χ0n) is 19.2. The Morgan fingerprint density at radius 3 is 2.26 bits per heavy atom. The first-order chi connectivity index (χ1) is 16.9. The molecule has 0 saturated carbocycles. The Kier molecular flexibility index (Phi) is 7.84. The van der Waals surface area contributed by atoms with Crippen LogP contribution in [0.25, 0.3) is 5.69 Å². The van der Waals surface area contributed by atoms with Gasteiger partial charge in [-0.3, -0.25) is 14.2 Å². The molecule has 2 N–H and O–H groups in total. The Bertz CT molecular complexity index is 1310. The molecule has 1 aromatic heterocycles. The van der Waals surface area contributed by atoms with Gasteiger partial charge in [-0.25, -0.2) is 0 Å². The summed E-state index contributed by atoms with van der Waals surface area (Å²) < 4.78 is 1.94. The van der Waals surface area contributed by atoms with Crippen molar-refractivity contribution in [1.82, 2.24) is 14.8 Å². The highest BCUT2D eigenvalue weighted by Gasteiger charge is 2.21. The van der Waals surface area contributed by atoms with Crippen molar-refractivity contribution in [2.45, 2.75) is 30.8 Å². The molecule has 0 fully saturated rings. The lowest BCUT2D eigenvalue weighted by Crippen LogP contribution is -2.23. The largest absolute Gasteiger partial charge is 0.378 e. The summed E-state index contributed by atoms with van der Waals surface area (Å²) in [5, 5.41) is 15.8. The number of nitrogens with one attached hydrogen (secondary N) is 2. The SMILES string of the molecule is CC(=O)c1ccc(NC(=O)[C@H](C)Sc2nnc(CNc3ccc(Cl)cc3)n2-c2ccccc2)cc1. The van der Waals surface area contributed by atoms with Gasteiger partial charge in [0.1, 0.15) is 0 Å². The highest BCUT2D eigenvalue weighted by Crippen LogP contribution is 2.27. The van der Waals surface area contributed by atoms with Crippen molar-refractivity contribution in [2.75, 3.05) is 10.6 Å². The number of Topliss-reactive ketones (excluding diaryl/α,β-unsaturated/α-hetero) is 1. The molecule has 178 valence electrons. The lowest BCUT2D eigenvalue weighted by atomic mass is 10.1. The molecule has 1 amide bonds. The van der Waals surface area contributed by atoms with E-state index in [0.29, 0.717) is 33.8 Å². The molecule has 0 aliphatic heterocycles. The standard InChI is InChI=1S/C26H24ClN5O2S/c1-17(33)19-8-12-22(13-9-19)29-25(34)18(2)35-26-31-30-24(32(26)23-6-4-3-5-7-23)16-28-21-14-10-20(27)11-15-21/h3-15,18,28H,16H2,1-2H3,(H,29,34)/t18-/m0/s1. The summed E-state index contributed by atoms with van der Waals surface area (Å²) >= 11 is 7.30. The molecular weight excluding hydrogens is 482 g/mol. The third kappa shape index (κ3) is 6.29. The maximum absolute atomic E-state index is 12.8. The first-order valence-corrected chi connectivity index (χ1v) is 12.2. The van der Waals surface area contributed by atoms with E-state index in [1.54, 1.807) is 24.3 Å². The second kappa shape index (κ2) is 11.2. The van der Waals surface area contributed by atoms with Crippen LogP contribution < -0.4 is 10.6 Å². The van der Waals surface area contributed by atoms with Crippen LogP contribution in [0.4, 0.5) is 11.4 Å². The fourth-order valence-corrected chi connectivity index (χ4v) is 4.33. The van der Waals surface area contributed by atoms with Gasteiger partial charge in [-0.1, -0.05) is 41.6 Å². The lowest BCUT2D eigenvalue weighted by molar-refractivity contribution is -0.115. The number of hydrogen-bond donors (Lipinski definition) is 2. The van der Waals surface area contributed by atoms with Gasteiger partial charge in [-0.05, 0) is 74.5 Å². The minimum Gasteiger partial charge on any atom is -0.378 e. The average Bonchev–Trinajstić information content (AvgIpc) is 3.26. The Balaban J connectivity index is 1.50. The number of benzene rings is 3. The minimum absolute atomic E-state index is 0.0200. The maximum atomic E-state index is 12.8. The van der Waals surface area contributed by atoms with E-state index in [4.69, 9.17) is 11.6 Å². The van der Waals surface area contributed by atoms with Crippen molar-refractivity contribution in [3.8, 4) is 5.69 Å². The van der Waals surface area contributed by atoms with Crippen LogP contribution in [0.1, 0.15) is 30.0 Å². The number of anilines is 2. The molecule has 0 radical (unpaired) electrons. The smallest absolute Gasteiger partial charge is 0.237 e. The molecule has 4 aromatic rings. The van der Waals surface area contributed by atoms with Crippen LogP contribution in [0.15, 0.2) is 84.0 Å². The molecule has 4 rings (SSSR count). The minimum atomic E-state index is -0.439. The van der Waals surface area contributed by atoms with Crippen molar-refractivity contribution >= 4 is 46.4 Å². The summed E-state index contributed by atoms with van der Waals surface area (Å²) in [4.78, 5) is 24.3. The number of hydrogen-bond acceptors (Lipinski definition) is 6. The van der Waals surface area contributed by atoms with Crippen molar-refractivity contribution in [3.63, 3.8) is 0 Å². The number of aromatic nitrogens is 3. The maximum Gasteiger partial charge on any atom is 0.237 e. The monoisotopic (exact) mass is 505 g/mol. The van der Waals surface area contributed by atoms with Crippen LogP contribution in [0, 0.1) is 0 Å². The topological polar surface area (TPSA) is 88.9 Å². The predicted molar refractivity (Wildman–Crippen MR) is 141 cm³/mol. The van der Waals surface area contributed by atoms with E-state index in [1.165, 1.54) is 18.7 Å². The Morgan fingerprint density at radius 2 is 1.60 bits per heavy atom. The second-order valence-electron chi connectivity index (χ2n) is 7.81. The molecule has 0 aliphatic rings. The summed E-state index contributed by atoms with van der Waals surface area (Å²) in [5.74, 6) is 0.517. The molecule has 3 aromatic carbocycles. The van der Waals surface area contributed by atoms with Gasteiger partial charge in [-0.15, -0.1) is 10.2 Å². The number of thioether (sulfide) groups is 1. The number of rotatable bonds is 9. The summed E-state index contributed by atoms with van der Waals surface area (Å²) in [6.45, 7) is 3.77. The highest BCUT2D eigenvalue weighted by molar-refractivity contribution is 8.00. The first kappa shape index (κ1) is 24.5. The predicted octanol–water partition coefficient (Wildman–Crippen LogP) is 5.85. The van der Waals surface area contributed by atoms with E-state index < -0.39 is 5.25 Å². The third-order valence-corrected chi connectivity index (χ3v) is 6.51. The molecule has 1 heterocycles. The van der Waals surface area contributed by atoms with E-state index >= 15 is 0 Å². The van der Waals surface area contributed by atoms with Crippen molar-refractivity contribution in [3.05, 3.63) is 95.3 Å². The van der Waals surface area contributed by atoms with Gasteiger partial charge >= 0.3 is 0 Å². The molecular formula is C26H24ClN5O2S. The van der Waals surface area contributed by atoms with E-state index in [1.807, 2.05) is 66.1 Å². The molecule has 1 atom stereocenters. The zero-order chi connectivity index (χ0) is 24.8.